The number of aliphatic hydroxyl groups is 1. The van der Waals surface area contributed by atoms with Crippen LogP contribution < -0.4 is 15.5 Å². The molecule has 0 aliphatic carbocycles. The molecule has 10 nitrogen and oxygen atoms in total. The summed E-state index contributed by atoms with van der Waals surface area (Å²) in [5.41, 5.74) is 8.04. The number of ether oxygens (including phenoxy) is 1. The van der Waals surface area contributed by atoms with Gasteiger partial charge in [-0.1, -0.05) is 0 Å². The first-order chi connectivity index (χ1) is 16.0. The van der Waals surface area contributed by atoms with Crippen molar-refractivity contribution in [1.29, 1.82) is 5.26 Å². The van der Waals surface area contributed by atoms with E-state index in [0.717, 1.165) is 25.0 Å². The second kappa shape index (κ2) is 9.62. The topological polar surface area (TPSA) is 151 Å². The van der Waals surface area contributed by atoms with E-state index in [4.69, 9.17) is 10.5 Å². The molecule has 0 bridgehead atoms. The minimum Gasteiger partial charge on any atom is -0.392 e. The molecule has 4 heterocycles. The number of hydrogen-bond acceptors (Lipinski definition) is 8. The number of aromatic nitrogens is 2. The van der Waals surface area contributed by atoms with Crippen molar-refractivity contribution in [3.05, 3.63) is 40.7 Å². The summed E-state index contributed by atoms with van der Waals surface area (Å²) in [4.78, 5) is 33.4. The monoisotopic (exact) mass is 451 g/mol. The van der Waals surface area contributed by atoms with Crippen LogP contribution in [0.5, 0.6) is 0 Å². The van der Waals surface area contributed by atoms with Gasteiger partial charge in [0.25, 0.3) is 0 Å². The zero-order valence-electron chi connectivity index (χ0n) is 18.3. The van der Waals surface area contributed by atoms with Crippen LogP contribution in [-0.4, -0.2) is 53.7 Å². The molecule has 2 amide bonds. The Morgan fingerprint density at radius 3 is 2.94 bits per heavy atom. The third-order valence-electron chi connectivity index (χ3n) is 6.39. The number of aliphatic hydroxyl groups excluding tert-OH is 1. The van der Waals surface area contributed by atoms with Crippen LogP contribution in [0.1, 0.15) is 46.4 Å². The van der Waals surface area contributed by atoms with Gasteiger partial charge in [-0.3, -0.25) is 4.79 Å². The summed E-state index contributed by atoms with van der Waals surface area (Å²) in [6.45, 7) is 2.04. The van der Waals surface area contributed by atoms with Gasteiger partial charge in [0.05, 0.1) is 30.7 Å². The Morgan fingerprint density at radius 1 is 1.42 bits per heavy atom. The largest absolute Gasteiger partial charge is 0.426 e. The minimum atomic E-state index is -0.680. The Balaban J connectivity index is 1.78. The van der Waals surface area contributed by atoms with Crippen LogP contribution in [-0.2, 0) is 17.8 Å². The van der Waals surface area contributed by atoms with Crippen molar-refractivity contribution < 1.29 is 19.4 Å². The molecule has 10 heteroatoms. The average Bonchev–Trinajstić information content (AvgIpc) is 2.86. The van der Waals surface area contributed by atoms with E-state index in [9.17, 15) is 20.0 Å². The minimum absolute atomic E-state index is 0.0613. The Bertz CT molecular complexity index is 1110. The molecule has 2 aliphatic heterocycles. The number of rotatable bonds is 6. The Labute approximate surface area is 191 Å². The van der Waals surface area contributed by atoms with Crippen molar-refractivity contribution in [3.63, 3.8) is 0 Å². The fourth-order valence-electron chi connectivity index (χ4n) is 4.62. The molecule has 2 aromatic heterocycles. The predicted octanol–water partition coefficient (Wildman–Crippen LogP) is 2.16. The van der Waals surface area contributed by atoms with E-state index in [1.165, 1.54) is 6.20 Å². The van der Waals surface area contributed by atoms with Crippen LogP contribution >= 0.6 is 0 Å². The number of carbonyl (C=O) groups excluding carboxylic acids is 2. The first-order valence-electron chi connectivity index (χ1n) is 11.0. The number of nitrogens with zero attached hydrogens (tertiary/aromatic N) is 4. The van der Waals surface area contributed by atoms with E-state index in [0.29, 0.717) is 73.2 Å². The standard InChI is InChI=1S/C23H26N6O4/c24-9-18-11-27-21(8-19(18)26-10-15-3-2-6-33-14-15)29(23(25)32)5-1-4-16-7-17(12-30)20(13-31)28-22(16)29/h7-8,11,13,15,30H,1-6,10,12,14H2,(H2-,25,26,27,32)/p+1. The van der Waals surface area contributed by atoms with Crippen molar-refractivity contribution in [2.24, 2.45) is 11.7 Å². The van der Waals surface area contributed by atoms with E-state index >= 15 is 0 Å². The summed E-state index contributed by atoms with van der Waals surface area (Å²) in [6.07, 6.45) is 5.28. The number of nitriles is 1. The highest BCUT2D eigenvalue weighted by Crippen LogP contribution is 2.40. The molecular weight excluding hydrogens is 424 g/mol. The maximum absolute atomic E-state index is 12.9. The third kappa shape index (κ3) is 4.18. The van der Waals surface area contributed by atoms with E-state index in [2.05, 4.69) is 21.4 Å². The van der Waals surface area contributed by atoms with Gasteiger partial charge in [0.15, 0.2) is 6.29 Å². The smallest absolute Gasteiger partial charge is 0.392 e. The van der Waals surface area contributed by atoms with Crippen molar-refractivity contribution in [1.82, 2.24) is 14.5 Å². The lowest BCUT2D eigenvalue weighted by Crippen LogP contribution is -2.56. The molecule has 4 N–H and O–H groups in total. The van der Waals surface area contributed by atoms with Gasteiger partial charge < -0.3 is 20.9 Å². The molecule has 33 heavy (non-hydrogen) atoms. The molecule has 2 unspecified atom stereocenters. The van der Waals surface area contributed by atoms with Crippen LogP contribution in [0.3, 0.4) is 0 Å². The second-order valence-corrected chi connectivity index (χ2v) is 8.43. The molecular formula is C23H27N6O4+. The van der Waals surface area contributed by atoms with Crippen molar-refractivity contribution in [3.8, 4) is 6.07 Å². The molecule has 172 valence electrons. The lowest BCUT2D eigenvalue weighted by Gasteiger charge is -2.35. The van der Waals surface area contributed by atoms with E-state index in [1.54, 1.807) is 12.1 Å². The molecule has 1 fully saturated rings. The summed E-state index contributed by atoms with van der Waals surface area (Å²) in [5.74, 6) is 0.980. The number of anilines is 1. The van der Waals surface area contributed by atoms with Gasteiger partial charge in [-0.25, -0.2) is 9.78 Å². The van der Waals surface area contributed by atoms with Crippen LogP contribution in [0.25, 0.3) is 0 Å². The Morgan fingerprint density at radius 2 is 2.27 bits per heavy atom. The molecule has 0 aromatic carbocycles. The van der Waals surface area contributed by atoms with Crippen LogP contribution in [0.2, 0.25) is 0 Å². The molecule has 2 atom stereocenters. The Kier molecular flexibility index (Phi) is 6.65. The fraction of sp³-hybridized carbons (Fsp3) is 0.435. The normalized spacial score (nSPS) is 22.1. The highest BCUT2D eigenvalue weighted by atomic mass is 16.5. The SMILES string of the molecule is N#Cc1cnc([N+]2(C(N)=O)CCCc3cc(CO)c(C=O)nc32)cc1NCC1CCCOC1. The van der Waals surface area contributed by atoms with Gasteiger partial charge in [0.2, 0.25) is 11.6 Å². The van der Waals surface area contributed by atoms with Gasteiger partial charge in [0.1, 0.15) is 18.3 Å². The number of hydrogen-bond donors (Lipinski definition) is 3. The van der Waals surface area contributed by atoms with Gasteiger partial charge in [-0.05, 0) is 31.2 Å². The number of nitrogens with two attached hydrogens (primary N) is 1. The molecule has 0 spiro atoms. The summed E-state index contributed by atoms with van der Waals surface area (Å²) in [6, 6.07) is 4.83. The zero-order chi connectivity index (χ0) is 23.4. The first-order valence-corrected chi connectivity index (χ1v) is 11.0. The number of fused-ring (bicyclic) bond motifs is 1. The molecule has 2 aromatic rings. The number of amides is 2. The fourth-order valence-corrected chi connectivity index (χ4v) is 4.62. The van der Waals surface area contributed by atoms with Gasteiger partial charge in [0, 0.05) is 36.8 Å². The molecule has 0 saturated carbocycles. The zero-order valence-corrected chi connectivity index (χ0v) is 18.3. The van der Waals surface area contributed by atoms with E-state index in [1.807, 2.05) is 0 Å². The van der Waals surface area contributed by atoms with Crippen molar-refractivity contribution in [2.45, 2.75) is 32.3 Å². The summed E-state index contributed by atoms with van der Waals surface area (Å²) >= 11 is 0. The Hall–Kier alpha value is -3.39. The second-order valence-electron chi connectivity index (χ2n) is 8.43. The lowest BCUT2D eigenvalue weighted by atomic mass is 9.99. The molecule has 1 saturated heterocycles. The quantitative estimate of drug-likeness (QED) is 0.446. The summed E-state index contributed by atoms with van der Waals surface area (Å²) in [7, 11) is 0. The molecule has 2 aliphatic rings. The van der Waals surface area contributed by atoms with Crippen LogP contribution in [0.4, 0.5) is 22.1 Å². The van der Waals surface area contributed by atoms with Crippen LogP contribution in [0, 0.1) is 17.2 Å². The molecule has 4 rings (SSSR count). The summed E-state index contributed by atoms with van der Waals surface area (Å²) in [5, 5.41) is 22.5. The number of primary amides is 1. The third-order valence-corrected chi connectivity index (χ3v) is 6.39. The van der Waals surface area contributed by atoms with Gasteiger partial charge in [-0.2, -0.15) is 10.2 Å². The average molecular weight is 452 g/mol. The number of quaternary nitrogens is 1. The highest BCUT2D eigenvalue weighted by Gasteiger charge is 2.47. The van der Waals surface area contributed by atoms with Crippen molar-refractivity contribution in [2.75, 3.05) is 31.6 Å². The maximum atomic E-state index is 12.9. The maximum Gasteiger partial charge on any atom is 0.426 e. The number of pyridine rings is 2. The predicted molar refractivity (Wildman–Crippen MR) is 121 cm³/mol. The van der Waals surface area contributed by atoms with Gasteiger partial charge >= 0.3 is 6.03 Å². The number of aryl methyl sites for hydroxylation is 1. The lowest BCUT2D eigenvalue weighted by molar-refractivity contribution is 0.0595. The number of carbonyl (C=O) groups is 2. The number of aldehydes is 1. The highest BCUT2D eigenvalue weighted by molar-refractivity contribution is 5.93. The van der Waals surface area contributed by atoms with Crippen molar-refractivity contribution >= 4 is 29.6 Å². The number of nitrogens with one attached hydrogen (secondary N) is 1. The first kappa shape index (κ1) is 22.8. The van der Waals surface area contributed by atoms with Gasteiger partial charge in [-0.15, -0.1) is 4.48 Å². The van der Waals surface area contributed by atoms with E-state index in [-0.39, 0.29) is 12.3 Å². The molecule has 0 radical (unpaired) electrons. The summed E-state index contributed by atoms with van der Waals surface area (Å²) < 4.78 is 5.07. The van der Waals surface area contributed by atoms with E-state index < -0.39 is 10.5 Å². The number of urea groups is 1. The van der Waals surface area contributed by atoms with Crippen LogP contribution in [0.15, 0.2) is 18.3 Å².